The predicted octanol–water partition coefficient (Wildman–Crippen LogP) is 2.70. The number of likely N-dealkylation sites (tertiary alicyclic amines) is 1. The van der Waals surface area contributed by atoms with Crippen molar-refractivity contribution in [3.63, 3.8) is 0 Å². The molecule has 0 bridgehead atoms. The zero-order chi connectivity index (χ0) is 14.1. The standard InChI is InChI=1S/C15H21BrN2O2/c1-2-4-18-5-3-12(17)14(18)10-8-11(16)15-13(9-10)19-6-7-20-15/h8-9,12,14H,2-7,17H2,1H3. The van der Waals surface area contributed by atoms with Crippen LogP contribution in [0.2, 0.25) is 0 Å². The van der Waals surface area contributed by atoms with E-state index in [0.717, 1.165) is 41.9 Å². The van der Waals surface area contributed by atoms with Gasteiger partial charge >= 0.3 is 0 Å². The van der Waals surface area contributed by atoms with E-state index in [1.165, 1.54) is 5.56 Å². The molecule has 0 spiro atoms. The minimum absolute atomic E-state index is 0.191. The van der Waals surface area contributed by atoms with Gasteiger partial charge in [0, 0.05) is 12.6 Å². The number of ether oxygens (including phenoxy) is 2. The molecule has 1 aromatic rings. The number of hydrogen-bond acceptors (Lipinski definition) is 4. The molecule has 2 N–H and O–H groups in total. The van der Waals surface area contributed by atoms with E-state index in [9.17, 15) is 0 Å². The SMILES string of the molecule is CCCN1CCC(N)C1c1cc(Br)c2c(c1)OCCO2. The van der Waals surface area contributed by atoms with Crippen molar-refractivity contribution in [2.24, 2.45) is 5.73 Å². The summed E-state index contributed by atoms with van der Waals surface area (Å²) in [6.07, 6.45) is 2.20. The second-order valence-electron chi connectivity index (χ2n) is 5.46. The third-order valence-corrected chi connectivity index (χ3v) is 4.61. The van der Waals surface area contributed by atoms with E-state index in [2.05, 4.69) is 39.9 Å². The second kappa shape index (κ2) is 5.92. The molecule has 0 aromatic heterocycles. The van der Waals surface area contributed by atoms with Crippen LogP contribution >= 0.6 is 15.9 Å². The fourth-order valence-electron chi connectivity index (χ4n) is 3.18. The van der Waals surface area contributed by atoms with Crippen LogP contribution < -0.4 is 15.2 Å². The summed E-state index contributed by atoms with van der Waals surface area (Å²) in [5, 5.41) is 0. The van der Waals surface area contributed by atoms with Gasteiger partial charge in [-0.05, 0) is 53.0 Å². The average molecular weight is 341 g/mol. The quantitative estimate of drug-likeness (QED) is 0.918. The monoisotopic (exact) mass is 340 g/mol. The molecule has 20 heavy (non-hydrogen) atoms. The number of halogens is 1. The van der Waals surface area contributed by atoms with Gasteiger partial charge in [-0.15, -0.1) is 0 Å². The molecule has 5 heteroatoms. The Morgan fingerprint density at radius 1 is 1.35 bits per heavy atom. The normalized spacial score (nSPS) is 25.9. The Bertz CT molecular complexity index is 493. The lowest BCUT2D eigenvalue weighted by Gasteiger charge is -2.28. The fraction of sp³-hybridized carbons (Fsp3) is 0.600. The molecule has 2 aliphatic rings. The predicted molar refractivity (Wildman–Crippen MR) is 82.3 cm³/mol. The van der Waals surface area contributed by atoms with Crippen LogP contribution in [0.15, 0.2) is 16.6 Å². The molecule has 1 saturated heterocycles. The highest BCUT2D eigenvalue weighted by Gasteiger charge is 2.33. The third kappa shape index (κ3) is 2.54. The molecule has 3 rings (SSSR count). The first kappa shape index (κ1) is 14.2. The summed E-state index contributed by atoms with van der Waals surface area (Å²) in [5.74, 6) is 1.64. The van der Waals surface area contributed by atoms with Crippen LogP contribution in [-0.4, -0.2) is 37.2 Å². The number of fused-ring (bicyclic) bond motifs is 1. The first-order chi connectivity index (χ1) is 9.70. The number of rotatable bonds is 3. The number of nitrogens with two attached hydrogens (primary N) is 1. The van der Waals surface area contributed by atoms with E-state index in [4.69, 9.17) is 15.2 Å². The van der Waals surface area contributed by atoms with E-state index in [1.54, 1.807) is 0 Å². The highest BCUT2D eigenvalue weighted by atomic mass is 79.9. The summed E-state index contributed by atoms with van der Waals surface area (Å²) in [7, 11) is 0. The molecule has 1 aromatic carbocycles. The molecule has 2 aliphatic heterocycles. The van der Waals surface area contributed by atoms with Gasteiger partial charge in [-0.3, -0.25) is 4.90 Å². The van der Waals surface area contributed by atoms with Crippen molar-refractivity contribution in [2.45, 2.75) is 31.8 Å². The number of benzene rings is 1. The highest BCUT2D eigenvalue weighted by molar-refractivity contribution is 9.10. The maximum Gasteiger partial charge on any atom is 0.175 e. The zero-order valence-corrected chi connectivity index (χ0v) is 13.4. The molecule has 2 atom stereocenters. The maximum absolute atomic E-state index is 6.33. The Hall–Kier alpha value is -0.780. The van der Waals surface area contributed by atoms with Crippen molar-refractivity contribution in [3.05, 3.63) is 22.2 Å². The summed E-state index contributed by atoms with van der Waals surface area (Å²) in [6.45, 7) is 5.59. The van der Waals surface area contributed by atoms with Gasteiger partial charge in [-0.2, -0.15) is 0 Å². The summed E-state index contributed by atoms with van der Waals surface area (Å²) in [6, 6.07) is 4.70. The van der Waals surface area contributed by atoms with E-state index in [1.807, 2.05) is 0 Å². The lowest BCUT2D eigenvalue weighted by Crippen LogP contribution is -2.32. The Balaban J connectivity index is 1.94. The average Bonchev–Trinajstić information content (AvgIpc) is 2.80. The Morgan fingerprint density at radius 3 is 2.95 bits per heavy atom. The van der Waals surface area contributed by atoms with E-state index >= 15 is 0 Å². The third-order valence-electron chi connectivity index (χ3n) is 4.02. The summed E-state index contributed by atoms with van der Waals surface area (Å²) in [4.78, 5) is 2.47. The van der Waals surface area contributed by atoms with Crippen LogP contribution in [0.4, 0.5) is 0 Å². The van der Waals surface area contributed by atoms with E-state index in [0.29, 0.717) is 13.2 Å². The molecule has 2 heterocycles. The molecular weight excluding hydrogens is 320 g/mol. The Morgan fingerprint density at radius 2 is 2.15 bits per heavy atom. The van der Waals surface area contributed by atoms with Crippen LogP contribution in [0.5, 0.6) is 11.5 Å². The molecule has 0 radical (unpaired) electrons. The van der Waals surface area contributed by atoms with Crippen LogP contribution in [0.25, 0.3) is 0 Å². The largest absolute Gasteiger partial charge is 0.486 e. The lowest BCUT2D eigenvalue weighted by atomic mass is 10.00. The summed E-state index contributed by atoms with van der Waals surface area (Å²) >= 11 is 3.59. The van der Waals surface area contributed by atoms with Crippen molar-refractivity contribution in [3.8, 4) is 11.5 Å². The summed E-state index contributed by atoms with van der Waals surface area (Å²) < 4.78 is 12.3. The highest BCUT2D eigenvalue weighted by Crippen LogP contribution is 2.42. The maximum atomic E-state index is 6.33. The van der Waals surface area contributed by atoms with Crippen LogP contribution in [0.3, 0.4) is 0 Å². The van der Waals surface area contributed by atoms with Gasteiger partial charge in [-0.25, -0.2) is 0 Å². The van der Waals surface area contributed by atoms with Crippen molar-refractivity contribution in [2.75, 3.05) is 26.3 Å². The van der Waals surface area contributed by atoms with Crippen molar-refractivity contribution in [1.29, 1.82) is 0 Å². The number of nitrogens with zero attached hydrogens (tertiary/aromatic N) is 1. The molecule has 0 aliphatic carbocycles. The van der Waals surface area contributed by atoms with Crippen molar-refractivity contribution in [1.82, 2.24) is 4.90 Å². The molecule has 110 valence electrons. The van der Waals surface area contributed by atoms with Gasteiger partial charge < -0.3 is 15.2 Å². The van der Waals surface area contributed by atoms with Crippen molar-refractivity contribution >= 4 is 15.9 Å². The van der Waals surface area contributed by atoms with Crippen LogP contribution in [-0.2, 0) is 0 Å². The first-order valence-electron chi connectivity index (χ1n) is 7.29. The lowest BCUT2D eigenvalue weighted by molar-refractivity contribution is 0.169. The minimum Gasteiger partial charge on any atom is -0.486 e. The van der Waals surface area contributed by atoms with Gasteiger partial charge in [0.25, 0.3) is 0 Å². The van der Waals surface area contributed by atoms with Gasteiger partial charge in [0.2, 0.25) is 0 Å². The van der Waals surface area contributed by atoms with E-state index in [-0.39, 0.29) is 12.1 Å². The summed E-state index contributed by atoms with van der Waals surface area (Å²) in [5.41, 5.74) is 7.55. The minimum atomic E-state index is 0.191. The number of hydrogen-bond donors (Lipinski definition) is 1. The molecule has 2 unspecified atom stereocenters. The zero-order valence-electron chi connectivity index (χ0n) is 11.8. The molecular formula is C15H21BrN2O2. The smallest absolute Gasteiger partial charge is 0.175 e. The van der Waals surface area contributed by atoms with Crippen molar-refractivity contribution < 1.29 is 9.47 Å². The molecule has 0 amide bonds. The molecule has 4 nitrogen and oxygen atoms in total. The molecule has 1 fully saturated rings. The van der Waals surface area contributed by atoms with Crippen LogP contribution in [0, 0.1) is 0 Å². The van der Waals surface area contributed by atoms with Gasteiger partial charge in [0.1, 0.15) is 13.2 Å². The van der Waals surface area contributed by atoms with Crippen LogP contribution in [0.1, 0.15) is 31.4 Å². The first-order valence-corrected chi connectivity index (χ1v) is 8.08. The second-order valence-corrected chi connectivity index (χ2v) is 6.31. The van der Waals surface area contributed by atoms with E-state index < -0.39 is 0 Å². The Labute approximate surface area is 128 Å². The fourth-order valence-corrected chi connectivity index (χ4v) is 3.75. The van der Waals surface area contributed by atoms with Gasteiger partial charge in [0.05, 0.1) is 10.5 Å². The van der Waals surface area contributed by atoms with Gasteiger partial charge in [-0.1, -0.05) is 6.92 Å². The Kier molecular flexibility index (Phi) is 4.19. The topological polar surface area (TPSA) is 47.7 Å². The molecule has 0 saturated carbocycles. The van der Waals surface area contributed by atoms with Gasteiger partial charge in [0.15, 0.2) is 11.5 Å².